The lowest BCUT2D eigenvalue weighted by Gasteiger charge is -2.34. The van der Waals surface area contributed by atoms with Crippen molar-refractivity contribution in [2.75, 3.05) is 0 Å². The maximum Gasteiger partial charge on any atom is 0.387 e. The van der Waals surface area contributed by atoms with E-state index in [0.717, 1.165) is 18.6 Å². The Morgan fingerprint density at radius 3 is 2.61 bits per heavy atom. The van der Waals surface area contributed by atoms with Crippen LogP contribution in [-0.2, 0) is 0 Å². The molecule has 0 aromatic heterocycles. The zero-order valence-electron chi connectivity index (χ0n) is 13.7. The number of ether oxygens (including phenoxy) is 1. The van der Waals surface area contributed by atoms with Gasteiger partial charge in [-0.2, -0.15) is 19.0 Å². The van der Waals surface area contributed by atoms with Crippen LogP contribution in [0, 0.1) is 16.7 Å². The normalized spacial score (nSPS) is 30.7. The van der Waals surface area contributed by atoms with Gasteiger partial charge in [0.25, 0.3) is 0 Å². The number of alkyl halides is 2. The molecule has 2 saturated carbocycles. The van der Waals surface area contributed by atoms with E-state index in [4.69, 9.17) is 0 Å². The molecule has 0 radical (unpaired) electrons. The largest absolute Gasteiger partial charge is 0.434 e. The highest BCUT2D eigenvalue weighted by atomic mass is 19.3. The van der Waals surface area contributed by atoms with Crippen LogP contribution in [0.2, 0.25) is 0 Å². The number of hydrogen-bond acceptors (Lipinski definition) is 3. The summed E-state index contributed by atoms with van der Waals surface area (Å²) in [4.78, 5) is 0. The summed E-state index contributed by atoms with van der Waals surface area (Å²) in [6, 6.07) is 6.60. The number of benzene rings is 1. The van der Waals surface area contributed by atoms with Gasteiger partial charge in [-0.15, -0.1) is 0 Å². The Morgan fingerprint density at radius 2 is 2.00 bits per heavy atom. The fourth-order valence-electron chi connectivity index (χ4n) is 4.03. The molecule has 0 saturated heterocycles. The average Bonchev–Trinajstić information content (AvgIpc) is 2.82. The van der Waals surface area contributed by atoms with Crippen molar-refractivity contribution >= 4 is 11.9 Å². The van der Waals surface area contributed by atoms with E-state index in [1.54, 1.807) is 18.2 Å². The Balaban J connectivity index is 1.80. The predicted molar refractivity (Wildman–Crippen MR) is 87.3 cm³/mol. The van der Waals surface area contributed by atoms with E-state index in [1.807, 2.05) is 0 Å². The number of hydrogen-bond donors (Lipinski definition) is 0. The minimum Gasteiger partial charge on any atom is -0.434 e. The van der Waals surface area contributed by atoms with Crippen LogP contribution in [0.3, 0.4) is 0 Å². The monoisotopic (exact) mass is 320 g/mol. The molecule has 124 valence electrons. The predicted octanol–water partition coefficient (Wildman–Crippen LogP) is 4.91. The molecular weight excluding hydrogens is 298 g/mol. The van der Waals surface area contributed by atoms with Gasteiger partial charge in [0.1, 0.15) is 5.75 Å². The third-order valence-electron chi connectivity index (χ3n) is 6.02. The Hall–Kier alpha value is -1.78. The van der Waals surface area contributed by atoms with Crippen molar-refractivity contribution in [3.8, 4) is 5.75 Å². The minimum atomic E-state index is -2.85. The lowest BCUT2D eigenvalue weighted by Crippen LogP contribution is -2.32. The number of halogens is 2. The van der Waals surface area contributed by atoms with Crippen LogP contribution in [0.1, 0.15) is 45.6 Å². The van der Waals surface area contributed by atoms with Gasteiger partial charge in [-0.25, -0.2) is 0 Å². The second-order valence-electron chi connectivity index (χ2n) is 7.20. The first kappa shape index (κ1) is 16.1. The van der Waals surface area contributed by atoms with Crippen molar-refractivity contribution < 1.29 is 13.5 Å². The molecule has 0 heterocycles. The van der Waals surface area contributed by atoms with Gasteiger partial charge in [-0.3, -0.25) is 0 Å². The van der Waals surface area contributed by atoms with Gasteiger partial charge in [0.2, 0.25) is 0 Å². The fourth-order valence-corrected chi connectivity index (χ4v) is 4.03. The third-order valence-corrected chi connectivity index (χ3v) is 6.02. The smallest absolute Gasteiger partial charge is 0.387 e. The molecule has 3 rings (SSSR count). The highest BCUT2D eigenvalue weighted by Gasteiger charge is 2.59. The van der Waals surface area contributed by atoms with E-state index < -0.39 is 6.61 Å². The van der Waals surface area contributed by atoms with Crippen LogP contribution in [0.5, 0.6) is 5.75 Å². The van der Waals surface area contributed by atoms with E-state index in [0.29, 0.717) is 11.5 Å². The molecule has 2 fully saturated rings. The van der Waals surface area contributed by atoms with Crippen molar-refractivity contribution in [1.82, 2.24) is 0 Å². The zero-order chi connectivity index (χ0) is 16.7. The molecule has 2 aliphatic carbocycles. The average molecular weight is 320 g/mol. The number of rotatable bonds is 4. The van der Waals surface area contributed by atoms with Crippen molar-refractivity contribution in [3.05, 3.63) is 29.8 Å². The summed E-state index contributed by atoms with van der Waals surface area (Å²) >= 11 is 0. The van der Waals surface area contributed by atoms with Crippen LogP contribution >= 0.6 is 0 Å². The summed E-state index contributed by atoms with van der Waals surface area (Å²) in [5.41, 5.74) is 1.97. The summed E-state index contributed by atoms with van der Waals surface area (Å²) < 4.78 is 29.3. The van der Waals surface area contributed by atoms with E-state index >= 15 is 0 Å². The van der Waals surface area contributed by atoms with E-state index in [1.165, 1.54) is 18.7 Å². The Bertz CT molecular complexity index is 654. The number of para-hydroxylation sites is 1. The maximum absolute atomic E-state index is 12.4. The highest BCUT2D eigenvalue weighted by Crippen LogP contribution is 2.63. The lowest BCUT2D eigenvalue weighted by atomic mass is 9.70. The van der Waals surface area contributed by atoms with Crippen molar-refractivity contribution in [2.24, 2.45) is 27.0 Å². The van der Waals surface area contributed by atoms with Crippen molar-refractivity contribution in [3.63, 3.8) is 0 Å². The fraction of sp³-hybridized carbons (Fsp3) is 0.556. The van der Waals surface area contributed by atoms with E-state index in [9.17, 15) is 8.78 Å². The van der Waals surface area contributed by atoms with Gasteiger partial charge in [-0.05, 0) is 42.7 Å². The van der Waals surface area contributed by atoms with Gasteiger partial charge in [0, 0.05) is 16.7 Å². The molecule has 2 atom stereocenters. The molecule has 1 aromatic carbocycles. The van der Waals surface area contributed by atoms with Crippen LogP contribution in [0.15, 0.2) is 34.5 Å². The van der Waals surface area contributed by atoms with Gasteiger partial charge in [-0.1, -0.05) is 32.9 Å². The van der Waals surface area contributed by atoms with Crippen LogP contribution in [0.4, 0.5) is 8.78 Å². The van der Waals surface area contributed by atoms with Gasteiger partial charge in [0.15, 0.2) is 0 Å². The summed E-state index contributed by atoms with van der Waals surface area (Å²) in [5.74, 6) is 0.779. The molecule has 5 heteroatoms. The highest BCUT2D eigenvalue weighted by molar-refractivity contribution is 5.95. The minimum absolute atomic E-state index is 0.0913. The van der Waals surface area contributed by atoms with Gasteiger partial charge in [0.05, 0.1) is 6.21 Å². The van der Waals surface area contributed by atoms with Crippen LogP contribution in [0.25, 0.3) is 0 Å². The zero-order valence-corrected chi connectivity index (χ0v) is 13.7. The second kappa shape index (κ2) is 5.69. The first-order chi connectivity index (χ1) is 10.8. The molecule has 0 unspecified atom stereocenters. The molecule has 2 aliphatic rings. The standard InChI is InChI=1S/C18H22F2N2O/c1-17(2)13-8-9-18(17,3)15(10-13)22-21-11-12-6-4-5-7-14(12)23-16(19)20/h4-7,11,13,16H,8-10H2,1-3H3/b21-11-,22-15+/t13-,18+/m1/s1. The van der Waals surface area contributed by atoms with Crippen LogP contribution < -0.4 is 4.74 Å². The van der Waals surface area contributed by atoms with Crippen molar-refractivity contribution in [2.45, 2.75) is 46.6 Å². The summed E-state index contributed by atoms with van der Waals surface area (Å²) in [6.45, 7) is 4.04. The lowest BCUT2D eigenvalue weighted by molar-refractivity contribution is -0.0499. The topological polar surface area (TPSA) is 34.0 Å². The van der Waals surface area contributed by atoms with E-state index in [2.05, 4.69) is 35.7 Å². The van der Waals surface area contributed by atoms with E-state index in [-0.39, 0.29) is 16.6 Å². The Morgan fingerprint density at radius 1 is 1.26 bits per heavy atom. The third kappa shape index (κ3) is 2.66. The summed E-state index contributed by atoms with van der Waals surface area (Å²) in [6.07, 6.45) is 4.87. The van der Waals surface area contributed by atoms with Crippen LogP contribution in [-0.4, -0.2) is 18.5 Å². The summed E-state index contributed by atoms with van der Waals surface area (Å²) in [5, 5.41) is 8.59. The molecule has 0 amide bonds. The molecule has 0 aliphatic heterocycles. The SMILES string of the molecule is CC1(C)[C@@H]2CC[C@@]1(C)/C(=N/N=C\c1ccccc1OC(F)F)C2. The van der Waals surface area contributed by atoms with Crippen molar-refractivity contribution in [1.29, 1.82) is 0 Å². The quantitative estimate of drug-likeness (QED) is 0.573. The molecule has 0 spiro atoms. The molecule has 23 heavy (non-hydrogen) atoms. The second-order valence-corrected chi connectivity index (χ2v) is 7.20. The van der Waals surface area contributed by atoms with Gasteiger partial charge < -0.3 is 4.74 Å². The first-order valence-corrected chi connectivity index (χ1v) is 7.99. The maximum atomic E-state index is 12.4. The number of fused-ring (bicyclic) bond motifs is 2. The summed E-state index contributed by atoms with van der Waals surface area (Å²) in [7, 11) is 0. The molecule has 0 N–H and O–H groups in total. The molecule has 2 bridgehead atoms. The molecule has 1 aromatic rings. The Labute approximate surface area is 135 Å². The number of nitrogens with zero attached hydrogens (tertiary/aromatic N) is 2. The Kier molecular flexibility index (Phi) is 3.98. The molecular formula is C18H22F2N2O. The van der Waals surface area contributed by atoms with Gasteiger partial charge >= 0.3 is 6.61 Å². The first-order valence-electron chi connectivity index (χ1n) is 7.99. The molecule has 3 nitrogen and oxygen atoms in total.